The topological polar surface area (TPSA) is 16.4 Å². The molecule has 9 aromatic rings. The fraction of sp³-hybridized carbons (Fsp3) is 0.0667. The number of thiophene rings is 1. The Morgan fingerprint density at radius 2 is 1.17 bits per heavy atom. The van der Waals surface area contributed by atoms with Crippen LogP contribution in [0.1, 0.15) is 25.0 Å². The maximum atomic E-state index is 6.25. The molecule has 0 fully saturated rings. The van der Waals surface area contributed by atoms with Gasteiger partial charge in [0.2, 0.25) is 0 Å². The molecule has 228 valence electrons. The summed E-state index contributed by atoms with van der Waals surface area (Å²) < 4.78 is 8.85. The summed E-state index contributed by atoms with van der Waals surface area (Å²) in [4.78, 5) is 2.42. The quantitative estimate of drug-likeness (QED) is 0.192. The van der Waals surface area contributed by atoms with Crippen molar-refractivity contribution in [2.75, 3.05) is 4.90 Å². The smallest absolute Gasteiger partial charge is 0.135 e. The monoisotopic (exact) mass is 633 g/mol. The van der Waals surface area contributed by atoms with Crippen molar-refractivity contribution < 1.29 is 4.42 Å². The van der Waals surface area contributed by atoms with E-state index in [1.165, 1.54) is 53.6 Å². The molecule has 0 saturated heterocycles. The van der Waals surface area contributed by atoms with Gasteiger partial charge < -0.3 is 9.32 Å². The summed E-state index contributed by atoms with van der Waals surface area (Å²) in [6, 6.07) is 55.2. The minimum Gasteiger partial charge on any atom is -0.456 e. The van der Waals surface area contributed by atoms with Crippen molar-refractivity contribution in [3.63, 3.8) is 0 Å². The molecule has 48 heavy (non-hydrogen) atoms. The first kappa shape index (κ1) is 27.5. The first-order valence-corrected chi connectivity index (χ1v) is 17.3. The Hall–Kier alpha value is -5.64. The largest absolute Gasteiger partial charge is 0.456 e. The summed E-state index contributed by atoms with van der Waals surface area (Å²) in [5, 5.41) is 4.86. The van der Waals surface area contributed by atoms with Crippen molar-refractivity contribution in [1.29, 1.82) is 0 Å². The Morgan fingerprint density at radius 3 is 2.06 bits per heavy atom. The highest BCUT2D eigenvalue weighted by Crippen LogP contribution is 2.54. The van der Waals surface area contributed by atoms with Gasteiger partial charge in [-0.1, -0.05) is 111 Å². The predicted octanol–water partition coefficient (Wildman–Crippen LogP) is 13.4. The third-order valence-corrected chi connectivity index (χ3v) is 11.4. The normalized spacial score (nSPS) is 13.4. The molecule has 0 bridgehead atoms. The van der Waals surface area contributed by atoms with Crippen LogP contribution in [0.5, 0.6) is 0 Å². The highest BCUT2D eigenvalue weighted by Gasteiger charge is 2.37. The summed E-state index contributed by atoms with van der Waals surface area (Å²) in [7, 11) is 0. The molecule has 10 rings (SSSR count). The molecule has 0 radical (unpaired) electrons. The average Bonchev–Trinajstić information content (AvgIpc) is 3.76. The van der Waals surface area contributed by atoms with E-state index in [9.17, 15) is 0 Å². The third kappa shape index (κ3) is 3.98. The van der Waals surface area contributed by atoms with Crippen molar-refractivity contribution >= 4 is 70.5 Å². The maximum absolute atomic E-state index is 6.25. The molecular formula is C45H31NOS. The van der Waals surface area contributed by atoms with E-state index >= 15 is 0 Å². The van der Waals surface area contributed by atoms with Gasteiger partial charge in [-0.25, -0.2) is 0 Å². The van der Waals surface area contributed by atoms with Crippen LogP contribution in [0.2, 0.25) is 0 Å². The van der Waals surface area contributed by atoms with Crippen LogP contribution in [0, 0.1) is 0 Å². The van der Waals surface area contributed by atoms with Gasteiger partial charge in [0.15, 0.2) is 0 Å². The van der Waals surface area contributed by atoms with Crippen LogP contribution >= 0.6 is 11.3 Å². The highest BCUT2D eigenvalue weighted by molar-refractivity contribution is 7.25. The van der Waals surface area contributed by atoms with Crippen molar-refractivity contribution in [3.8, 4) is 22.3 Å². The molecular weight excluding hydrogens is 603 g/mol. The van der Waals surface area contributed by atoms with Gasteiger partial charge in [0, 0.05) is 53.4 Å². The van der Waals surface area contributed by atoms with E-state index in [1.54, 1.807) is 0 Å². The van der Waals surface area contributed by atoms with Crippen LogP contribution in [0.25, 0.3) is 64.4 Å². The molecule has 0 spiro atoms. The van der Waals surface area contributed by atoms with Gasteiger partial charge in [0.05, 0.1) is 0 Å². The molecule has 2 nitrogen and oxygen atoms in total. The number of para-hydroxylation sites is 1. The van der Waals surface area contributed by atoms with Gasteiger partial charge in [0.1, 0.15) is 11.2 Å². The lowest BCUT2D eigenvalue weighted by molar-refractivity contribution is 0.660. The third-order valence-electron chi connectivity index (χ3n) is 10.3. The summed E-state index contributed by atoms with van der Waals surface area (Å²) in [5.74, 6) is 0. The van der Waals surface area contributed by atoms with Crippen molar-refractivity contribution in [2.24, 2.45) is 0 Å². The van der Waals surface area contributed by atoms with E-state index < -0.39 is 0 Å². The molecule has 1 aliphatic carbocycles. The molecule has 7 aromatic carbocycles. The van der Waals surface area contributed by atoms with Crippen molar-refractivity contribution in [3.05, 3.63) is 163 Å². The number of hydrogen-bond acceptors (Lipinski definition) is 3. The Balaban J connectivity index is 1.22. The SMILES string of the molecule is CC1(C)c2ccc(N(c3ccc4c(c3)sc3ccccc34)c3ccc4oc5ccccc5c4c3)cc2-c2c(-c3ccccc3)cccc21. The van der Waals surface area contributed by atoms with Crippen molar-refractivity contribution in [2.45, 2.75) is 19.3 Å². The van der Waals surface area contributed by atoms with Crippen LogP contribution < -0.4 is 4.90 Å². The molecule has 0 saturated carbocycles. The Labute approximate surface area is 283 Å². The summed E-state index contributed by atoms with van der Waals surface area (Å²) in [6.07, 6.45) is 0. The van der Waals surface area contributed by atoms with E-state index in [4.69, 9.17) is 4.42 Å². The van der Waals surface area contributed by atoms with Crippen molar-refractivity contribution in [1.82, 2.24) is 0 Å². The molecule has 0 amide bonds. The zero-order valence-corrected chi connectivity index (χ0v) is 27.5. The zero-order chi connectivity index (χ0) is 32.0. The molecule has 1 aliphatic rings. The standard InChI is InChI=1S/C45H31NOS/c1-45(2)38-23-20-29(26-37(38)44-32(15-10-16-39(44)45)28-11-4-3-5-12-28)46(30-21-24-41-36(25-30)33-13-6-8-17-40(33)47-41)31-19-22-35-34-14-7-9-18-42(34)48-43(35)27-31/h3-27H,1-2H3. The lowest BCUT2D eigenvalue weighted by Gasteiger charge is -2.27. The molecule has 0 atom stereocenters. The number of fused-ring (bicyclic) bond motifs is 9. The zero-order valence-electron chi connectivity index (χ0n) is 26.7. The minimum absolute atomic E-state index is 0.108. The Morgan fingerprint density at radius 1 is 0.479 bits per heavy atom. The van der Waals surface area contributed by atoms with Crippen LogP contribution in [-0.2, 0) is 5.41 Å². The fourth-order valence-electron chi connectivity index (χ4n) is 7.94. The summed E-state index contributed by atoms with van der Waals surface area (Å²) >= 11 is 1.86. The molecule has 0 aliphatic heterocycles. The summed E-state index contributed by atoms with van der Waals surface area (Å²) in [6.45, 7) is 4.72. The molecule has 2 heterocycles. The second-order valence-electron chi connectivity index (χ2n) is 13.3. The maximum Gasteiger partial charge on any atom is 0.135 e. The van der Waals surface area contributed by atoms with Gasteiger partial charge in [0.25, 0.3) is 0 Å². The van der Waals surface area contributed by atoms with E-state index in [2.05, 4.69) is 158 Å². The number of rotatable bonds is 4. The lowest BCUT2D eigenvalue weighted by atomic mass is 9.82. The predicted molar refractivity (Wildman–Crippen MR) is 204 cm³/mol. The number of furan rings is 1. The van der Waals surface area contributed by atoms with Gasteiger partial charge in [-0.2, -0.15) is 0 Å². The molecule has 0 N–H and O–H groups in total. The minimum atomic E-state index is -0.108. The second-order valence-corrected chi connectivity index (χ2v) is 14.4. The Bertz CT molecular complexity index is 2710. The number of hydrogen-bond donors (Lipinski definition) is 0. The van der Waals surface area contributed by atoms with Crippen LogP contribution in [0.3, 0.4) is 0 Å². The van der Waals surface area contributed by atoms with Gasteiger partial charge in [-0.15, -0.1) is 11.3 Å². The number of anilines is 3. The lowest BCUT2D eigenvalue weighted by Crippen LogP contribution is -2.15. The average molecular weight is 634 g/mol. The van der Waals surface area contributed by atoms with E-state index in [0.717, 1.165) is 39.0 Å². The van der Waals surface area contributed by atoms with Crippen LogP contribution in [0.4, 0.5) is 17.1 Å². The van der Waals surface area contributed by atoms with E-state index in [0.29, 0.717) is 0 Å². The van der Waals surface area contributed by atoms with E-state index in [-0.39, 0.29) is 5.41 Å². The van der Waals surface area contributed by atoms with Gasteiger partial charge in [-0.05, 0) is 88.0 Å². The number of benzene rings is 7. The summed E-state index contributed by atoms with van der Waals surface area (Å²) in [5.41, 5.74) is 13.0. The fourth-order valence-corrected chi connectivity index (χ4v) is 9.08. The number of nitrogens with zero attached hydrogens (tertiary/aromatic N) is 1. The van der Waals surface area contributed by atoms with Crippen LogP contribution in [-0.4, -0.2) is 0 Å². The molecule has 0 unspecified atom stereocenters. The molecule has 3 heteroatoms. The van der Waals surface area contributed by atoms with E-state index in [1.807, 2.05) is 23.5 Å². The second kappa shape index (κ2) is 10.2. The van der Waals surface area contributed by atoms with Gasteiger partial charge in [-0.3, -0.25) is 0 Å². The molecule has 2 aromatic heterocycles. The van der Waals surface area contributed by atoms with Gasteiger partial charge >= 0.3 is 0 Å². The highest BCUT2D eigenvalue weighted by atomic mass is 32.1. The Kier molecular flexibility index (Phi) is 5.82. The van der Waals surface area contributed by atoms with Crippen LogP contribution in [0.15, 0.2) is 156 Å². The first-order valence-electron chi connectivity index (χ1n) is 16.5. The first-order chi connectivity index (χ1) is 23.5.